The van der Waals surface area contributed by atoms with Crippen molar-refractivity contribution in [2.24, 2.45) is 0 Å². The Hall–Kier alpha value is -1.22. The highest BCUT2D eigenvalue weighted by molar-refractivity contribution is 5.57. The summed E-state index contributed by atoms with van der Waals surface area (Å²) in [6.07, 6.45) is 2.57. The Balaban J connectivity index is 2.63. The highest BCUT2D eigenvalue weighted by atomic mass is 16.3. The lowest BCUT2D eigenvalue weighted by Gasteiger charge is -2.12. The van der Waals surface area contributed by atoms with Crippen LogP contribution in [0.25, 0.3) is 0 Å². The van der Waals surface area contributed by atoms with E-state index in [9.17, 15) is 5.11 Å². The molecule has 0 bridgehead atoms. The molecule has 0 saturated carbocycles. The summed E-state index contributed by atoms with van der Waals surface area (Å²) in [5, 5.41) is 12.7. The third-order valence-corrected chi connectivity index (χ3v) is 2.68. The van der Waals surface area contributed by atoms with E-state index in [0.717, 1.165) is 30.6 Å². The number of rotatable bonds is 6. The Labute approximate surface area is 97.7 Å². The summed E-state index contributed by atoms with van der Waals surface area (Å²) >= 11 is 0. The molecule has 0 aliphatic carbocycles. The van der Waals surface area contributed by atoms with Crippen molar-refractivity contribution in [3.05, 3.63) is 23.8 Å². The van der Waals surface area contributed by atoms with E-state index in [1.807, 2.05) is 19.1 Å². The molecule has 0 heterocycles. The van der Waals surface area contributed by atoms with Crippen molar-refractivity contribution in [1.82, 2.24) is 0 Å². The molecule has 1 aromatic carbocycles. The first-order chi connectivity index (χ1) is 7.67. The lowest BCUT2D eigenvalue weighted by atomic mass is 10.1. The van der Waals surface area contributed by atoms with E-state index in [1.165, 1.54) is 5.56 Å². The Bertz CT molecular complexity index is 326. The van der Waals surface area contributed by atoms with E-state index >= 15 is 0 Å². The van der Waals surface area contributed by atoms with Crippen LogP contribution in [0.5, 0.6) is 0 Å². The maximum Gasteiger partial charge on any atom is 0.0709 e. The van der Waals surface area contributed by atoms with E-state index in [2.05, 4.69) is 18.3 Å². The molecule has 0 aliphatic heterocycles. The average molecular weight is 222 g/mol. The molecule has 3 heteroatoms. The fraction of sp³-hybridized carbons (Fsp3) is 0.538. The zero-order valence-corrected chi connectivity index (χ0v) is 10.2. The number of hydrogen-bond acceptors (Lipinski definition) is 3. The van der Waals surface area contributed by atoms with Gasteiger partial charge in [0.1, 0.15) is 0 Å². The summed E-state index contributed by atoms with van der Waals surface area (Å²) in [5.41, 5.74) is 8.94. The number of nitrogens with two attached hydrogens (primary N) is 1. The van der Waals surface area contributed by atoms with Crippen LogP contribution < -0.4 is 11.1 Å². The van der Waals surface area contributed by atoms with Crippen LogP contribution in [0.3, 0.4) is 0 Å². The van der Waals surface area contributed by atoms with Gasteiger partial charge in [-0.3, -0.25) is 0 Å². The van der Waals surface area contributed by atoms with Crippen molar-refractivity contribution in [2.75, 3.05) is 17.6 Å². The molecule has 1 rings (SSSR count). The predicted molar refractivity (Wildman–Crippen MR) is 69.6 cm³/mol. The van der Waals surface area contributed by atoms with Gasteiger partial charge in [0, 0.05) is 17.9 Å². The Morgan fingerprint density at radius 3 is 2.75 bits per heavy atom. The summed E-state index contributed by atoms with van der Waals surface area (Å²) in [5.74, 6) is 0. The fourth-order valence-electron chi connectivity index (χ4n) is 1.58. The quantitative estimate of drug-likeness (QED) is 0.648. The van der Waals surface area contributed by atoms with Gasteiger partial charge >= 0.3 is 0 Å². The zero-order chi connectivity index (χ0) is 12.0. The van der Waals surface area contributed by atoms with Crippen molar-refractivity contribution < 1.29 is 5.11 Å². The molecule has 3 nitrogen and oxygen atoms in total. The van der Waals surface area contributed by atoms with Crippen LogP contribution in [-0.2, 0) is 6.42 Å². The van der Waals surface area contributed by atoms with E-state index in [4.69, 9.17) is 5.73 Å². The van der Waals surface area contributed by atoms with Crippen molar-refractivity contribution in [3.8, 4) is 0 Å². The van der Waals surface area contributed by atoms with Gasteiger partial charge in [-0.15, -0.1) is 0 Å². The molecule has 0 radical (unpaired) electrons. The number of nitrogens with one attached hydrogen (secondary N) is 1. The SMILES string of the molecule is CCCc1cc(NCC(O)CC)ccc1N. The first kappa shape index (κ1) is 12.8. The molecule has 1 unspecified atom stereocenters. The van der Waals surface area contributed by atoms with Crippen molar-refractivity contribution in [2.45, 2.75) is 39.2 Å². The highest BCUT2D eigenvalue weighted by Crippen LogP contribution is 2.19. The van der Waals surface area contributed by atoms with Gasteiger partial charge in [0.05, 0.1) is 6.10 Å². The Morgan fingerprint density at radius 1 is 1.38 bits per heavy atom. The molecule has 1 atom stereocenters. The molecule has 1 aromatic rings. The number of aliphatic hydroxyl groups excluding tert-OH is 1. The largest absolute Gasteiger partial charge is 0.399 e. The monoisotopic (exact) mass is 222 g/mol. The minimum absolute atomic E-state index is 0.285. The summed E-state index contributed by atoms with van der Waals surface area (Å²) in [7, 11) is 0. The Morgan fingerprint density at radius 2 is 2.12 bits per heavy atom. The van der Waals surface area contributed by atoms with Crippen LogP contribution in [0.15, 0.2) is 18.2 Å². The second kappa shape index (κ2) is 6.38. The summed E-state index contributed by atoms with van der Waals surface area (Å²) in [4.78, 5) is 0. The molecule has 4 N–H and O–H groups in total. The van der Waals surface area contributed by atoms with Crippen molar-refractivity contribution in [1.29, 1.82) is 0 Å². The van der Waals surface area contributed by atoms with Gasteiger partial charge < -0.3 is 16.2 Å². The third kappa shape index (κ3) is 3.74. The van der Waals surface area contributed by atoms with E-state index in [1.54, 1.807) is 0 Å². The van der Waals surface area contributed by atoms with Gasteiger partial charge in [0.15, 0.2) is 0 Å². The predicted octanol–water partition coefficient (Wildman–Crippen LogP) is 2.40. The van der Waals surface area contributed by atoms with E-state index in [0.29, 0.717) is 6.54 Å². The molecule has 0 aromatic heterocycles. The number of aryl methyl sites for hydroxylation is 1. The lowest BCUT2D eigenvalue weighted by molar-refractivity contribution is 0.183. The molecular weight excluding hydrogens is 200 g/mol. The first-order valence-electron chi connectivity index (χ1n) is 5.97. The second-order valence-electron chi connectivity index (χ2n) is 4.11. The van der Waals surface area contributed by atoms with Gasteiger partial charge in [0.25, 0.3) is 0 Å². The normalized spacial score (nSPS) is 12.4. The fourth-order valence-corrected chi connectivity index (χ4v) is 1.58. The number of aliphatic hydroxyl groups is 1. The van der Waals surface area contributed by atoms with Gasteiger partial charge in [-0.2, -0.15) is 0 Å². The maximum atomic E-state index is 9.46. The molecule has 0 saturated heterocycles. The zero-order valence-electron chi connectivity index (χ0n) is 10.2. The van der Waals surface area contributed by atoms with E-state index < -0.39 is 0 Å². The van der Waals surface area contributed by atoms with Gasteiger partial charge in [-0.1, -0.05) is 20.3 Å². The summed E-state index contributed by atoms with van der Waals surface area (Å²) in [6.45, 7) is 4.70. The molecular formula is C13H22N2O. The second-order valence-corrected chi connectivity index (χ2v) is 4.11. The number of nitrogen functional groups attached to an aromatic ring is 1. The van der Waals surface area contributed by atoms with Crippen LogP contribution in [0.1, 0.15) is 32.3 Å². The van der Waals surface area contributed by atoms with Crippen LogP contribution in [0, 0.1) is 0 Å². The maximum absolute atomic E-state index is 9.46. The standard InChI is InChI=1S/C13H22N2O/c1-3-5-10-8-11(6-7-13(10)14)15-9-12(16)4-2/h6-8,12,15-16H,3-5,9,14H2,1-2H3. The minimum atomic E-state index is -0.285. The smallest absolute Gasteiger partial charge is 0.0709 e. The van der Waals surface area contributed by atoms with Crippen LogP contribution in [-0.4, -0.2) is 17.8 Å². The molecule has 16 heavy (non-hydrogen) atoms. The number of benzene rings is 1. The summed E-state index contributed by atoms with van der Waals surface area (Å²) in [6, 6.07) is 5.95. The van der Waals surface area contributed by atoms with Crippen LogP contribution in [0.4, 0.5) is 11.4 Å². The van der Waals surface area contributed by atoms with Gasteiger partial charge in [0.2, 0.25) is 0 Å². The minimum Gasteiger partial charge on any atom is -0.399 e. The van der Waals surface area contributed by atoms with Crippen LogP contribution in [0.2, 0.25) is 0 Å². The van der Waals surface area contributed by atoms with Crippen LogP contribution >= 0.6 is 0 Å². The average Bonchev–Trinajstić information content (AvgIpc) is 2.30. The first-order valence-corrected chi connectivity index (χ1v) is 5.97. The summed E-state index contributed by atoms with van der Waals surface area (Å²) < 4.78 is 0. The van der Waals surface area contributed by atoms with E-state index in [-0.39, 0.29) is 6.10 Å². The van der Waals surface area contributed by atoms with Gasteiger partial charge in [-0.05, 0) is 36.6 Å². The highest BCUT2D eigenvalue weighted by Gasteiger charge is 2.03. The van der Waals surface area contributed by atoms with Gasteiger partial charge in [-0.25, -0.2) is 0 Å². The molecule has 0 fully saturated rings. The molecule has 0 amide bonds. The number of hydrogen-bond donors (Lipinski definition) is 3. The molecule has 90 valence electrons. The lowest BCUT2D eigenvalue weighted by Crippen LogP contribution is -2.18. The Kier molecular flexibility index (Phi) is 5.12. The van der Waals surface area contributed by atoms with Crippen molar-refractivity contribution >= 4 is 11.4 Å². The van der Waals surface area contributed by atoms with Crippen molar-refractivity contribution in [3.63, 3.8) is 0 Å². The third-order valence-electron chi connectivity index (χ3n) is 2.68. The molecule has 0 aliphatic rings. The topological polar surface area (TPSA) is 58.3 Å². The number of anilines is 2. The molecule has 0 spiro atoms.